The highest BCUT2D eigenvalue weighted by molar-refractivity contribution is 5.98. The second kappa shape index (κ2) is 8.43. The molecule has 0 radical (unpaired) electrons. The topological polar surface area (TPSA) is 123 Å². The molecule has 0 saturated carbocycles. The number of fused-ring (bicyclic) bond motifs is 3. The van der Waals surface area contributed by atoms with E-state index in [9.17, 15) is 9.18 Å². The van der Waals surface area contributed by atoms with E-state index < -0.39 is 12.0 Å². The molecular formula is C25H24F2N8O. The average molecular weight is 491 g/mol. The Morgan fingerprint density at radius 1 is 1.11 bits per heavy atom. The van der Waals surface area contributed by atoms with Crippen molar-refractivity contribution in [1.29, 1.82) is 0 Å². The minimum atomic E-state index is -1.15. The molecule has 5 N–H and O–H groups in total. The molecule has 9 nitrogen and oxygen atoms in total. The predicted octanol–water partition coefficient (Wildman–Crippen LogP) is 3.77. The van der Waals surface area contributed by atoms with Gasteiger partial charge in [0.15, 0.2) is 11.6 Å². The van der Waals surface area contributed by atoms with Gasteiger partial charge in [-0.2, -0.15) is 5.10 Å². The van der Waals surface area contributed by atoms with E-state index in [4.69, 9.17) is 5.73 Å². The van der Waals surface area contributed by atoms with Gasteiger partial charge in [0.2, 0.25) is 5.91 Å². The molecule has 36 heavy (non-hydrogen) atoms. The molecule has 1 aromatic carbocycles. The molecule has 5 heterocycles. The molecule has 2 aliphatic rings. The summed E-state index contributed by atoms with van der Waals surface area (Å²) in [6.45, 7) is 3.03. The van der Waals surface area contributed by atoms with E-state index in [1.165, 1.54) is 12.4 Å². The van der Waals surface area contributed by atoms with Crippen molar-refractivity contribution in [3.8, 4) is 11.1 Å². The maximum Gasteiger partial charge on any atom is 0.241 e. The number of alkyl halides is 1. The predicted molar refractivity (Wildman–Crippen MR) is 133 cm³/mol. The second-order valence-corrected chi connectivity index (χ2v) is 9.09. The van der Waals surface area contributed by atoms with Crippen molar-refractivity contribution >= 4 is 39.7 Å². The van der Waals surface area contributed by atoms with Crippen molar-refractivity contribution in [1.82, 2.24) is 25.1 Å². The fourth-order valence-electron chi connectivity index (χ4n) is 4.88. The van der Waals surface area contributed by atoms with Crippen molar-refractivity contribution in [2.24, 2.45) is 0 Å². The van der Waals surface area contributed by atoms with Crippen molar-refractivity contribution in [3.05, 3.63) is 53.4 Å². The van der Waals surface area contributed by atoms with Gasteiger partial charge in [0.05, 0.1) is 17.1 Å². The summed E-state index contributed by atoms with van der Waals surface area (Å²) >= 11 is 0. The van der Waals surface area contributed by atoms with Crippen LogP contribution in [0, 0.1) is 12.7 Å². The van der Waals surface area contributed by atoms with E-state index in [1.54, 1.807) is 16.8 Å². The molecule has 3 aromatic heterocycles. The first-order valence-electron chi connectivity index (χ1n) is 11.7. The highest BCUT2D eigenvalue weighted by Crippen LogP contribution is 2.40. The zero-order valence-corrected chi connectivity index (χ0v) is 19.5. The quantitative estimate of drug-likeness (QED) is 0.323. The van der Waals surface area contributed by atoms with Gasteiger partial charge >= 0.3 is 0 Å². The Balaban J connectivity index is 1.39. The molecule has 0 spiro atoms. The van der Waals surface area contributed by atoms with E-state index >= 15 is 4.39 Å². The number of aromatic nitrogens is 4. The van der Waals surface area contributed by atoms with Gasteiger partial charge in [-0.1, -0.05) is 0 Å². The van der Waals surface area contributed by atoms with E-state index in [1.807, 2.05) is 13.0 Å². The lowest BCUT2D eigenvalue weighted by atomic mass is 9.94. The van der Waals surface area contributed by atoms with Crippen LogP contribution in [0.15, 0.2) is 30.6 Å². The van der Waals surface area contributed by atoms with E-state index in [0.717, 1.165) is 11.3 Å². The second-order valence-electron chi connectivity index (χ2n) is 9.09. The maximum atomic E-state index is 15.4. The molecule has 0 bridgehead atoms. The van der Waals surface area contributed by atoms with Crippen LogP contribution < -0.4 is 21.7 Å². The monoisotopic (exact) mass is 490 g/mol. The first kappa shape index (κ1) is 22.2. The van der Waals surface area contributed by atoms with Gasteiger partial charge in [-0.3, -0.25) is 14.5 Å². The van der Waals surface area contributed by atoms with Gasteiger partial charge in [0.1, 0.15) is 18.5 Å². The first-order valence-corrected chi connectivity index (χ1v) is 11.7. The highest BCUT2D eigenvalue weighted by Gasteiger charge is 2.25. The molecule has 0 saturated heterocycles. The number of nitrogens with one attached hydrogen (secondary N) is 3. The Bertz CT molecular complexity index is 1530. The van der Waals surface area contributed by atoms with Gasteiger partial charge in [-0.05, 0) is 30.0 Å². The number of amides is 1. The number of carbonyl (C=O) groups is 1. The summed E-state index contributed by atoms with van der Waals surface area (Å²) in [5.41, 5.74) is 9.60. The first-order chi connectivity index (χ1) is 17.4. The van der Waals surface area contributed by atoms with Crippen LogP contribution >= 0.6 is 0 Å². The number of nitrogens with two attached hydrogens (primary N) is 1. The molecule has 0 fully saturated rings. The third-order valence-corrected chi connectivity index (χ3v) is 6.77. The molecule has 4 aromatic rings. The summed E-state index contributed by atoms with van der Waals surface area (Å²) < 4.78 is 31.4. The number of pyridine rings is 2. The summed E-state index contributed by atoms with van der Waals surface area (Å²) in [7, 11) is 0. The fourth-order valence-corrected chi connectivity index (χ4v) is 4.88. The Morgan fingerprint density at radius 2 is 1.97 bits per heavy atom. The Hall–Kier alpha value is -4.28. The number of nitrogens with zero attached hydrogens (tertiary/aromatic N) is 4. The molecule has 6 rings (SSSR count). The van der Waals surface area contributed by atoms with Crippen LogP contribution in [0.1, 0.15) is 29.5 Å². The average Bonchev–Trinajstić information content (AvgIpc) is 3.13. The van der Waals surface area contributed by atoms with Crippen molar-refractivity contribution in [2.45, 2.75) is 32.5 Å². The molecule has 1 amide bonds. The third-order valence-electron chi connectivity index (χ3n) is 6.77. The number of carbonyl (C=O) groups excluding carboxylic acids is 1. The van der Waals surface area contributed by atoms with Gasteiger partial charge in [-0.25, -0.2) is 13.8 Å². The summed E-state index contributed by atoms with van der Waals surface area (Å²) in [5, 5.41) is 14.8. The standard InChI is InChI=1S/C25H24F2N8O/c1-12-16(9-32-25-18(26)3-5-30-24(12)25)15-6-13-7-19(31-10-17(13)23(28)22(15)27)33-20-8-14-2-4-29-21(36)11-35(14)34-20/h6-10,18,30H,2-5,11,28H2,1H3,(H,29,36)(H,31,33,34)/t18-/m1/s1. The Kier molecular flexibility index (Phi) is 5.20. The maximum absolute atomic E-state index is 15.4. The Labute approximate surface area is 205 Å². The number of halogens is 2. The third kappa shape index (κ3) is 3.67. The molecule has 0 unspecified atom stereocenters. The van der Waals surface area contributed by atoms with Crippen LogP contribution in [0.25, 0.3) is 21.9 Å². The normalized spacial score (nSPS) is 17.1. The molecule has 0 aliphatic carbocycles. The highest BCUT2D eigenvalue weighted by atomic mass is 19.1. The van der Waals surface area contributed by atoms with E-state index in [-0.39, 0.29) is 23.7 Å². The number of anilines is 4. The van der Waals surface area contributed by atoms with Gasteiger partial charge in [-0.15, -0.1) is 0 Å². The lowest BCUT2D eigenvalue weighted by Crippen LogP contribution is -2.25. The minimum absolute atomic E-state index is 0.0188. The fraction of sp³-hybridized carbons (Fsp3) is 0.280. The van der Waals surface area contributed by atoms with E-state index in [0.29, 0.717) is 65.3 Å². The van der Waals surface area contributed by atoms with Crippen molar-refractivity contribution in [2.75, 3.05) is 29.5 Å². The lowest BCUT2D eigenvalue weighted by Gasteiger charge is -2.24. The summed E-state index contributed by atoms with van der Waals surface area (Å²) in [6, 6.07) is 5.35. The lowest BCUT2D eigenvalue weighted by molar-refractivity contribution is -0.121. The molecule has 184 valence electrons. The SMILES string of the molecule is Cc1c(-c2cc3cc(Nc4cc5n(n4)CC(=O)NCC5)ncc3c(N)c2F)cnc2c1NCC[C@H]2F. The largest absolute Gasteiger partial charge is 0.396 e. The number of hydrogen-bond acceptors (Lipinski definition) is 7. The zero-order valence-electron chi connectivity index (χ0n) is 19.5. The smallest absolute Gasteiger partial charge is 0.241 e. The summed E-state index contributed by atoms with van der Waals surface area (Å²) in [4.78, 5) is 20.5. The minimum Gasteiger partial charge on any atom is -0.396 e. The van der Waals surface area contributed by atoms with Gasteiger partial charge in [0, 0.05) is 66.6 Å². The van der Waals surface area contributed by atoms with Crippen LogP contribution in [-0.2, 0) is 17.8 Å². The van der Waals surface area contributed by atoms with Crippen LogP contribution in [0.2, 0.25) is 0 Å². The Morgan fingerprint density at radius 3 is 2.83 bits per heavy atom. The van der Waals surface area contributed by atoms with Crippen molar-refractivity contribution in [3.63, 3.8) is 0 Å². The van der Waals surface area contributed by atoms with Gasteiger partial charge in [0.25, 0.3) is 0 Å². The molecule has 1 atom stereocenters. The molecular weight excluding hydrogens is 466 g/mol. The zero-order chi connectivity index (χ0) is 25.0. The summed E-state index contributed by atoms with van der Waals surface area (Å²) in [6.07, 6.45) is 2.91. The summed E-state index contributed by atoms with van der Waals surface area (Å²) in [5.74, 6) is 0.405. The number of benzene rings is 1. The van der Waals surface area contributed by atoms with Crippen LogP contribution in [-0.4, -0.2) is 38.7 Å². The van der Waals surface area contributed by atoms with E-state index in [2.05, 4.69) is 31.0 Å². The van der Waals surface area contributed by atoms with Crippen LogP contribution in [0.5, 0.6) is 0 Å². The molecule has 2 aliphatic heterocycles. The molecule has 11 heteroatoms. The van der Waals surface area contributed by atoms with Crippen molar-refractivity contribution < 1.29 is 13.6 Å². The number of hydrogen-bond donors (Lipinski definition) is 4. The number of nitrogen functional groups attached to an aromatic ring is 1. The number of rotatable bonds is 3. The van der Waals surface area contributed by atoms with Crippen LogP contribution in [0.4, 0.5) is 31.8 Å². The van der Waals surface area contributed by atoms with Crippen LogP contribution in [0.3, 0.4) is 0 Å². The van der Waals surface area contributed by atoms with Gasteiger partial charge < -0.3 is 21.7 Å².